The molecule has 25 heavy (non-hydrogen) atoms. The first-order chi connectivity index (χ1) is 12.3. The van der Waals surface area contributed by atoms with Gasteiger partial charge in [-0.2, -0.15) is 0 Å². The first-order valence-corrected chi connectivity index (χ1v) is 8.47. The van der Waals surface area contributed by atoms with E-state index in [0.717, 1.165) is 33.5 Å². The van der Waals surface area contributed by atoms with Crippen LogP contribution >= 0.6 is 0 Å². The summed E-state index contributed by atoms with van der Waals surface area (Å²) in [6, 6.07) is 27.2. The Morgan fingerprint density at radius 1 is 0.720 bits per heavy atom. The lowest BCUT2D eigenvalue weighted by molar-refractivity contribution is 0.667. The lowest BCUT2D eigenvalue weighted by Gasteiger charge is -2.06. The van der Waals surface area contributed by atoms with Gasteiger partial charge in [0, 0.05) is 16.5 Å². The molecule has 120 valence electrons. The van der Waals surface area contributed by atoms with E-state index >= 15 is 0 Å². The highest BCUT2D eigenvalue weighted by Gasteiger charge is 2.15. The quantitative estimate of drug-likeness (QED) is 0.387. The van der Waals surface area contributed by atoms with Crippen LogP contribution in [0.4, 0.5) is 11.4 Å². The fourth-order valence-electron chi connectivity index (χ4n) is 3.59. The van der Waals surface area contributed by atoms with Crippen LogP contribution in [0.15, 0.2) is 83.3 Å². The summed E-state index contributed by atoms with van der Waals surface area (Å²) in [6.45, 7) is 2.11. The van der Waals surface area contributed by atoms with E-state index in [2.05, 4.69) is 72.9 Å². The van der Waals surface area contributed by atoms with Crippen LogP contribution in [-0.2, 0) is 0 Å². The highest BCUT2D eigenvalue weighted by Crippen LogP contribution is 2.39. The molecule has 0 radical (unpaired) electrons. The Morgan fingerprint density at radius 2 is 1.48 bits per heavy atom. The van der Waals surface area contributed by atoms with Crippen molar-refractivity contribution in [1.82, 2.24) is 0 Å². The first-order valence-electron chi connectivity index (χ1n) is 8.47. The lowest BCUT2D eigenvalue weighted by atomic mass is 10.0. The number of anilines is 2. The van der Waals surface area contributed by atoms with Gasteiger partial charge in [-0.05, 0) is 47.5 Å². The summed E-state index contributed by atoms with van der Waals surface area (Å²) in [5.74, 6) is 0. The topological polar surface area (TPSA) is 25.2 Å². The highest BCUT2D eigenvalue weighted by molar-refractivity contribution is 6.21. The van der Waals surface area contributed by atoms with Gasteiger partial charge < -0.3 is 9.73 Å². The Kier molecular flexibility index (Phi) is 3.04. The smallest absolute Gasteiger partial charge is 0.158 e. The average molecular weight is 323 g/mol. The van der Waals surface area contributed by atoms with Crippen molar-refractivity contribution in [2.45, 2.75) is 6.92 Å². The molecule has 2 nitrogen and oxygen atoms in total. The molecule has 0 aliphatic rings. The van der Waals surface area contributed by atoms with Gasteiger partial charge in [-0.15, -0.1) is 0 Å². The van der Waals surface area contributed by atoms with Gasteiger partial charge in [0.2, 0.25) is 0 Å². The first kappa shape index (κ1) is 14.1. The molecule has 4 aromatic carbocycles. The number of hydrogen-bond donors (Lipinski definition) is 1. The molecule has 1 N–H and O–H groups in total. The van der Waals surface area contributed by atoms with E-state index in [9.17, 15) is 0 Å². The third kappa shape index (κ3) is 2.18. The Bertz CT molecular complexity index is 1220. The molecule has 0 saturated heterocycles. The van der Waals surface area contributed by atoms with Crippen molar-refractivity contribution in [3.8, 4) is 0 Å². The maximum Gasteiger partial charge on any atom is 0.158 e. The van der Waals surface area contributed by atoms with E-state index in [0.29, 0.717) is 0 Å². The molecule has 2 heteroatoms. The van der Waals surface area contributed by atoms with Crippen LogP contribution in [0, 0.1) is 6.92 Å². The van der Waals surface area contributed by atoms with Crippen LogP contribution in [-0.4, -0.2) is 0 Å². The third-order valence-electron chi connectivity index (χ3n) is 4.73. The molecule has 0 aliphatic heterocycles. The Labute approximate surface area is 145 Å². The molecule has 0 spiro atoms. The second-order valence-electron chi connectivity index (χ2n) is 6.39. The molecule has 0 saturated carbocycles. The van der Waals surface area contributed by atoms with Gasteiger partial charge in [0.05, 0.1) is 5.69 Å². The molecule has 5 rings (SSSR count). The van der Waals surface area contributed by atoms with Crippen molar-refractivity contribution in [2.24, 2.45) is 0 Å². The van der Waals surface area contributed by atoms with Crippen molar-refractivity contribution in [3.63, 3.8) is 0 Å². The number of nitrogens with one attached hydrogen (secondary N) is 1. The van der Waals surface area contributed by atoms with E-state index in [4.69, 9.17) is 4.42 Å². The number of benzene rings is 4. The van der Waals surface area contributed by atoms with Crippen LogP contribution in [0.3, 0.4) is 0 Å². The van der Waals surface area contributed by atoms with E-state index in [-0.39, 0.29) is 0 Å². The normalized spacial score (nSPS) is 11.4. The summed E-state index contributed by atoms with van der Waals surface area (Å²) in [7, 11) is 0. The number of aryl methyl sites for hydroxylation is 1. The van der Waals surface area contributed by atoms with Crippen molar-refractivity contribution in [1.29, 1.82) is 0 Å². The van der Waals surface area contributed by atoms with Gasteiger partial charge in [0.25, 0.3) is 0 Å². The van der Waals surface area contributed by atoms with Gasteiger partial charge in [0.1, 0.15) is 5.58 Å². The highest BCUT2D eigenvalue weighted by atomic mass is 16.3. The summed E-state index contributed by atoms with van der Waals surface area (Å²) in [5.41, 5.74) is 5.08. The van der Waals surface area contributed by atoms with Crippen molar-refractivity contribution < 1.29 is 4.42 Å². The predicted octanol–water partition coefficient (Wildman–Crippen LogP) is 6.79. The summed E-state index contributed by atoms with van der Waals surface area (Å²) in [4.78, 5) is 0. The van der Waals surface area contributed by atoms with Gasteiger partial charge >= 0.3 is 0 Å². The van der Waals surface area contributed by atoms with Crippen LogP contribution in [0.2, 0.25) is 0 Å². The second kappa shape index (κ2) is 5.38. The average Bonchev–Trinajstić information content (AvgIpc) is 3.05. The molecule has 0 unspecified atom stereocenters. The zero-order valence-corrected chi connectivity index (χ0v) is 13.9. The third-order valence-corrected chi connectivity index (χ3v) is 4.73. The lowest BCUT2D eigenvalue weighted by Crippen LogP contribution is -1.89. The summed E-state index contributed by atoms with van der Waals surface area (Å²) < 4.78 is 6.33. The van der Waals surface area contributed by atoms with E-state index in [1.807, 2.05) is 18.2 Å². The maximum atomic E-state index is 6.33. The summed E-state index contributed by atoms with van der Waals surface area (Å²) >= 11 is 0. The van der Waals surface area contributed by atoms with Gasteiger partial charge in [0.15, 0.2) is 5.58 Å². The molecule has 0 fully saturated rings. The molecule has 1 heterocycles. The van der Waals surface area contributed by atoms with Crippen LogP contribution in [0.25, 0.3) is 32.7 Å². The standard InChI is InChI=1S/C23H17NO/c1-15-14-16-8-5-6-11-18(16)21-19-12-7-13-20(23(19)25-22(15)21)24-17-9-3-2-4-10-17/h2-14,24H,1H3. The van der Waals surface area contributed by atoms with Gasteiger partial charge in [-0.3, -0.25) is 0 Å². The number of para-hydroxylation sites is 2. The van der Waals surface area contributed by atoms with E-state index < -0.39 is 0 Å². The molecule has 1 aromatic heterocycles. The molecule has 0 amide bonds. The minimum absolute atomic E-state index is 0.904. The zero-order valence-electron chi connectivity index (χ0n) is 13.9. The molecule has 0 bridgehead atoms. The fraction of sp³-hybridized carbons (Fsp3) is 0.0435. The van der Waals surface area contributed by atoms with Crippen LogP contribution in [0.5, 0.6) is 0 Å². The van der Waals surface area contributed by atoms with Crippen molar-refractivity contribution in [3.05, 3.63) is 84.4 Å². The Morgan fingerprint density at radius 3 is 2.36 bits per heavy atom. The largest absolute Gasteiger partial charge is 0.454 e. The minimum Gasteiger partial charge on any atom is -0.454 e. The molecule has 5 aromatic rings. The number of hydrogen-bond acceptors (Lipinski definition) is 2. The number of furan rings is 1. The second-order valence-corrected chi connectivity index (χ2v) is 6.39. The van der Waals surface area contributed by atoms with Crippen molar-refractivity contribution >= 4 is 44.1 Å². The maximum absolute atomic E-state index is 6.33. The Balaban J connectivity index is 1.84. The number of fused-ring (bicyclic) bond motifs is 5. The molecular weight excluding hydrogens is 306 g/mol. The zero-order chi connectivity index (χ0) is 16.8. The summed E-state index contributed by atoms with van der Waals surface area (Å²) in [5, 5.41) is 8.31. The van der Waals surface area contributed by atoms with Crippen molar-refractivity contribution in [2.75, 3.05) is 5.32 Å². The number of rotatable bonds is 2. The Hall–Kier alpha value is -3.26. The molecule has 0 aliphatic carbocycles. The van der Waals surface area contributed by atoms with E-state index in [1.54, 1.807) is 0 Å². The minimum atomic E-state index is 0.904. The predicted molar refractivity (Wildman–Crippen MR) is 106 cm³/mol. The van der Waals surface area contributed by atoms with Crippen LogP contribution in [0.1, 0.15) is 5.56 Å². The fourth-order valence-corrected chi connectivity index (χ4v) is 3.59. The molecule has 0 atom stereocenters. The monoisotopic (exact) mass is 323 g/mol. The summed E-state index contributed by atoms with van der Waals surface area (Å²) in [6.07, 6.45) is 0. The van der Waals surface area contributed by atoms with Gasteiger partial charge in [-0.1, -0.05) is 54.6 Å². The molecular formula is C23H17NO. The van der Waals surface area contributed by atoms with Gasteiger partial charge in [-0.25, -0.2) is 0 Å². The SMILES string of the molecule is Cc1cc2ccccc2c2c1oc1c(Nc3ccccc3)cccc12. The van der Waals surface area contributed by atoms with E-state index in [1.165, 1.54) is 16.2 Å². The van der Waals surface area contributed by atoms with Crippen LogP contribution < -0.4 is 5.32 Å².